The maximum atomic E-state index is 13.0. The minimum Gasteiger partial charge on any atom is -0.481 e. The van der Waals surface area contributed by atoms with Crippen LogP contribution in [-0.4, -0.2) is 78.8 Å². The molecular weight excluding hydrogens is 422 g/mol. The van der Waals surface area contributed by atoms with Crippen LogP contribution in [0.3, 0.4) is 0 Å². The number of carbonyl (C=O) groups is 3. The van der Waals surface area contributed by atoms with Crippen LogP contribution in [0.2, 0.25) is 0 Å². The highest BCUT2D eigenvalue weighted by Gasteiger charge is 2.34. The number of aliphatic carboxylic acids is 1. The van der Waals surface area contributed by atoms with Crippen molar-refractivity contribution in [2.24, 2.45) is 0 Å². The van der Waals surface area contributed by atoms with Crippen LogP contribution in [0.15, 0.2) is 48.5 Å². The number of alkyl carbamates (subject to hydrolysis) is 1. The van der Waals surface area contributed by atoms with Crippen molar-refractivity contribution in [3.63, 3.8) is 0 Å². The maximum absolute atomic E-state index is 13.0. The summed E-state index contributed by atoms with van der Waals surface area (Å²) in [5, 5.41) is 11.8. The topological polar surface area (TPSA) is 99.2 Å². The molecule has 33 heavy (non-hydrogen) atoms. The van der Waals surface area contributed by atoms with Crippen LogP contribution in [0.1, 0.15) is 29.9 Å². The lowest BCUT2D eigenvalue weighted by Gasteiger charge is -2.28. The molecule has 0 spiro atoms. The Morgan fingerprint density at radius 3 is 2.27 bits per heavy atom. The predicted molar refractivity (Wildman–Crippen MR) is 123 cm³/mol. The second kappa shape index (κ2) is 9.62. The van der Waals surface area contributed by atoms with Crippen molar-refractivity contribution in [2.45, 2.75) is 30.8 Å². The molecule has 2 aliphatic rings. The highest BCUT2D eigenvalue weighted by Crippen LogP contribution is 2.44. The fraction of sp³-hybridized carbons (Fsp3) is 0.400. The lowest BCUT2D eigenvalue weighted by atomic mass is 9.98. The molecule has 2 amide bonds. The van der Waals surface area contributed by atoms with E-state index < -0.39 is 30.4 Å². The largest absolute Gasteiger partial charge is 0.481 e. The number of nitrogens with one attached hydrogen (secondary N) is 1. The Bertz CT molecular complexity index is 1010. The summed E-state index contributed by atoms with van der Waals surface area (Å²) < 4.78 is 5.50. The van der Waals surface area contributed by atoms with Gasteiger partial charge in [0.15, 0.2) is 0 Å². The number of likely N-dealkylation sites (tertiary alicyclic amines) is 1. The minimum absolute atomic E-state index is 0.0110. The molecule has 174 valence electrons. The van der Waals surface area contributed by atoms with Gasteiger partial charge < -0.3 is 25.0 Å². The summed E-state index contributed by atoms with van der Waals surface area (Å²) in [4.78, 5) is 40.6. The van der Waals surface area contributed by atoms with Gasteiger partial charge in [-0.25, -0.2) is 4.79 Å². The molecule has 2 N–H and O–H groups in total. The molecule has 1 aliphatic carbocycles. The van der Waals surface area contributed by atoms with Gasteiger partial charge in [0.1, 0.15) is 12.6 Å². The summed E-state index contributed by atoms with van der Waals surface area (Å²) in [6, 6.07) is 14.8. The van der Waals surface area contributed by atoms with E-state index in [0.29, 0.717) is 6.54 Å². The summed E-state index contributed by atoms with van der Waals surface area (Å²) in [6.45, 7) is 1.68. The summed E-state index contributed by atoms with van der Waals surface area (Å²) in [7, 11) is 3.63. The summed E-state index contributed by atoms with van der Waals surface area (Å²) in [6.07, 6.45) is -0.493. The van der Waals surface area contributed by atoms with Crippen molar-refractivity contribution in [3.05, 3.63) is 59.7 Å². The highest BCUT2D eigenvalue weighted by molar-refractivity contribution is 5.89. The minimum atomic E-state index is -1.19. The predicted octanol–water partition coefficient (Wildman–Crippen LogP) is 2.53. The van der Waals surface area contributed by atoms with Gasteiger partial charge in [-0.15, -0.1) is 0 Å². The zero-order valence-corrected chi connectivity index (χ0v) is 18.9. The number of carbonyl (C=O) groups excluding carboxylic acids is 2. The Morgan fingerprint density at radius 2 is 1.73 bits per heavy atom. The van der Waals surface area contributed by atoms with E-state index in [1.807, 2.05) is 55.6 Å². The van der Waals surface area contributed by atoms with E-state index in [9.17, 15) is 19.5 Å². The van der Waals surface area contributed by atoms with E-state index in [4.69, 9.17) is 4.74 Å². The maximum Gasteiger partial charge on any atom is 0.407 e. The molecule has 0 bridgehead atoms. The molecule has 8 heteroatoms. The highest BCUT2D eigenvalue weighted by atomic mass is 16.5. The van der Waals surface area contributed by atoms with Gasteiger partial charge in [0.2, 0.25) is 5.91 Å². The van der Waals surface area contributed by atoms with Gasteiger partial charge in [-0.2, -0.15) is 0 Å². The number of ether oxygens (including phenoxy) is 1. The van der Waals surface area contributed by atoms with E-state index >= 15 is 0 Å². The number of hydrogen-bond acceptors (Lipinski definition) is 5. The monoisotopic (exact) mass is 451 g/mol. The summed E-state index contributed by atoms with van der Waals surface area (Å²) >= 11 is 0. The number of likely N-dealkylation sites (N-methyl/N-ethyl adjacent to an activating group) is 2. The third-order valence-corrected chi connectivity index (χ3v) is 6.57. The number of nitrogens with zero attached hydrogens (tertiary/aromatic N) is 2. The number of amides is 2. The van der Waals surface area contributed by atoms with Crippen LogP contribution in [0, 0.1) is 0 Å². The Balaban J connectivity index is 1.42. The number of fused-ring (bicyclic) bond motifs is 3. The lowest BCUT2D eigenvalue weighted by Crippen LogP contribution is -2.51. The quantitative estimate of drug-likeness (QED) is 0.671. The second-order valence-electron chi connectivity index (χ2n) is 8.77. The van der Waals surface area contributed by atoms with E-state index in [2.05, 4.69) is 10.2 Å². The molecular formula is C25H29N3O5. The molecule has 1 fully saturated rings. The number of carboxylic acid groups (broad SMARTS) is 1. The van der Waals surface area contributed by atoms with Crippen LogP contribution in [-0.2, 0) is 14.3 Å². The molecule has 1 heterocycles. The summed E-state index contributed by atoms with van der Waals surface area (Å²) in [5.41, 5.74) is 4.39. The first kappa shape index (κ1) is 22.8. The molecule has 4 rings (SSSR count). The number of benzene rings is 2. The Morgan fingerprint density at radius 1 is 1.12 bits per heavy atom. The van der Waals surface area contributed by atoms with Crippen molar-refractivity contribution >= 4 is 18.0 Å². The van der Waals surface area contributed by atoms with Crippen LogP contribution in [0.5, 0.6) is 0 Å². The van der Waals surface area contributed by atoms with Crippen LogP contribution >= 0.6 is 0 Å². The molecule has 0 radical (unpaired) electrons. The third kappa shape index (κ3) is 4.85. The average Bonchev–Trinajstić information content (AvgIpc) is 3.37. The Labute approximate surface area is 193 Å². The molecule has 0 aromatic heterocycles. The van der Waals surface area contributed by atoms with Gasteiger partial charge >= 0.3 is 12.1 Å². The molecule has 0 saturated carbocycles. The standard InChI is InChI=1S/C25H29N3O5/c1-27-12-11-16(14-27)28(2)24(31)22(13-23(29)30)26-25(32)33-15-21-19-9-5-3-7-17(19)18-8-4-6-10-20(18)21/h3-10,16,21-22H,11-15H2,1-2H3,(H,26,32)(H,29,30). The number of carboxylic acids is 1. The zero-order valence-electron chi connectivity index (χ0n) is 18.9. The van der Waals surface area contributed by atoms with Crippen molar-refractivity contribution in [1.29, 1.82) is 0 Å². The van der Waals surface area contributed by atoms with Crippen LogP contribution in [0.25, 0.3) is 11.1 Å². The van der Waals surface area contributed by atoms with Crippen molar-refractivity contribution in [2.75, 3.05) is 33.8 Å². The van der Waals surface area contributed by atoms with Gasteiger partial charge in [0, 0.05) is 25.6 Å². The molecule has 1 aliphatic heterocycles. The first-order chi connectivity index (χ1) is 15.8. The summed E-state index contributed by atoms with van der Waals surface area (Å²) in [5.74, 6) is -1.70. The van der Waals surface area contributed by atoms with E-state index in [1.54, 1.807) is 11.9 Å². The van der Waals surface area contributed by atoms with Crippen LogP contribution in [0.4, 0.5) is 4.79 Å². The zero-order chi connectivity index (χ0) is 23.5. The fourth-order valence-corrected chi connectivity index (χ4v) is 4.81. The second-order valence-corrected chi connectivity index (χ2v) is 8.77. The lowest BCUT2D eigenvalue weighted by molar-refractivity contribution is -0.142. The van der Waals surface area contributed by atoms with Gasteiger partial charge in [-0.1, -0.05) is 48.5 Å². The Hall–Kier alpha value is -3.39. The van der Waals surface area contributed by atoms with Crippen molar-refractivity contribution in [3.8, 4) is 11.1 Å². The van der Waals surface area contributed by atoms with E-state index in [-0.39, 0.29) is 18.6 Å². The van der Waals surface area contributed by atoms with E-state index in [0.717, 1.165) is 35.2 Å². The molecule has 1 saturated heterocycles. The molecule has 8 nitrogen and oxygen atoms in total. The average molecular weight is 452 g/mol. The SMILES string of the molecule is CN1CCC(N(C)C(=O)C(CC(=O)O)NC(=O)OCC2c3ccccc3-c3ccccc32)C1. The number of hydrogen-bond donors (Lipinski definition) is 2. The third-order valence-electron chi connectivity index (χ3n) is 6.57. The fourth-order valence-electron chi connectivity index (χ4n) is 4.81. The molecule has 2 aromatic carbocycles. The van der Waals surface area contributed by atoms with Crippen LogP contribution < -0.4 is 5.32 Å². The molecule has 2 unspecified atom stereocenters. The van der Waals surface area contributed by atoms with Crippen molar-refractivity contribution < 1.29 is 24.2 Å². The van der Waals surface area contributed by atoms with Gasteiger partial charge in [-0.3, -0.25) is 9.59 Å². The molecule has 2 atom stereocenters. The number of rotatable bonds is 7. The smallest absolute Gasteiger partial charge is 0.407 e. The van der Waals surface area contributed by atoms with Gasteiger partial charge in [0.25, 0.3) is 0 Å². The first-order valence-electron chi connectivity index (χ1n) is 11.1. The Kier molecular flexibility index (Phi) is 6.65. The van der Waals surface area contributed by atoms with Crippen molar-refractivity contribution in [1.82, 2.24) is 15.1 Å². The molecule has 2 aromatic rings. The van der Waals surface area contributed by atoms with Gasteiger partial charge in [-0.05, 0) is 42.3 Å². The normalized spacial score (nSPS) is 18.3. The first-order valence-corrected chi connectivity index (χ1v) is 11.1. The van der Waals surface area contributed by atoms with Gasteiger partial charge in [0.05, 0.1) is 6.42 Å². The van der Waals surface area contributed by atoms with E-state index in [1.165, 1.54) is 0 Å².